The van der Waals surface area contributed by atoms with E-state index in [9.17, 15) is 77.6 Å². The van der Waals surface area contributed by atoms with E-state index in [0.29, 0.717) is 89.4 Å². The minimum Gasteiger partial charge on any atom is -0.508 e. The van der Waals surface area contributed by atoms with Crippen LogP contribution in [-0.2, 0) is 68.7 Å². The number of amides is 12. The van der Waals surface area contributed by atoms with Crippen molar-refractivity contribution in [3.63, 3.8) is 0 Å². The summed E-state index contributed by atoms with van der Waals surface area (Å²) < 4.78 is 0. The van der Waals surface area contributed by atoms with E-state index < -0.39 is 179 Å². The van der Waals surface area contributed by atoms with Gasteiger partial charge >= 0.3 is 5.97 Å². The molecule has 1 fully saturated rings. The fraction of sp³-hybridized carbons (Fsp3) is 0.736. The zero-order valence-electron chi connectivity index (χ0n) is 63.8. The average Bonchev–Trinajstić information content (AvgIpc) is 1.76. The van der Waals surface area contributed by atoms with Gasteiger partial charge in [0.05, 0.1) is 12.1 Å². The van der Waals surface area contributed by atoms with Crippen LogP contribution in [0.3, 0.4) is 0 Å². The molecular weight excluding hydrogens is 1360 g/mol. The van der Waals surface area contributed by atoms with E-state index in [-0.39, 0.29) is 75.6 Å². The van der Waals surface area contributed by atoms with Gasteiger partial charge in [-0.15, -0.1) is 0 Å². The second-order valence-electron chi connectivity index (χ2n) is 29.4. The number of aliphatic carboxylic acids is 1. The zero-order chi connectivity index (χ0) is 79.4. The number of carbonyl (C=O) groups excluding carboxylic acids is 12. The van der Waals surface area contributed by atoms with E-state index >= 15 is 0 Å². The van der Waals surface area contributed by atoms with Gasteiger partial charge in [-0.3, -0.25) is 57.5 Å². The largest absolute Gasteiger partial charge is 0.508 e. The predicted octanol–water partition coefficient (Wildman–Crippen LogP) is -1.35. The summed E-state index contributed by atoms with van der Waals surface area (Å²) in [5.41, 5.74) is 29.6. The number of nitrogens with two attached hydrogens (primary N) is 5. The molecular formula is C72H127N17O16. The summed E-state index contributed by atoms with van der Waals surface area (Å²) in [6.07, 6.45) is 3.49. The molecule has 0 aromatic heterocycles. The Balaban J connectivity index is 2.39. The van der Waals surface area contributed by atoms with Crippen LogP contribution in [0.4, 0.5) is 0 Å². The molecule has 33 nitrogen and oxygen atoms in total. The number of nitrogens with zero attached hydrogens (tertiary/aromatic N) is 1. The summed E-state index contributed by atoms with van der Waals surface area (Å²) in [6.45, 7) is 21.0. The molecule has 0 unspecified atom stereocenters. The fourth-order valence-electron chi connectivity index (χ4n) is 11.9. The molecule has 14 atom stereocenters. The van der Waals surface area contributed by atoms with Crippen LogP contribution < -0.4 is 87.2 Å². The number of phenolic OH excluding ortho intramolecular Hbond substituents is 1. The molecule has 1 aliphatic heterocycles. The Labute approximate surface area is 619 Å². The molecule has 33 heteroatoms. The molecule has 1 saturated heterocycles. The third-order valence-electron chi connectivity index (χ3n) is 18.1. The van der Waals surface area contributed by atoms with Crippen LogP contribution in [0.5, 0.6) is 5.75 Å². The Morgan fingerprint density at radius 1 is 0.429 bits per heavy atom. The molecule has 596 valence electrons. The van der Waals surface area contributed by atoms with Crippen molar-refractivity contribution in [1.29, 1.82) is 0 Å². The fourth-order valence-corrected chi connectivity index (χ4v) is 11.9. The number of hydrogen-bond donors (Lipinski definition) is 19. The highest BCUT2D eigenvalue weighted by atomic mass is 16.4. The van der Waals surface area contributed by atoms with Gasteiger partial charge in [0, 0.05) is 13.0 Å². The number of phenols is 1. The first-order valence-electron chi connectivity index (χ1n) is 37.3. The smallest absolute Gasteiger partial charge is 0.326 e. The van der Waals surface area contributed by atoms with Gasteiger partial charge in [-0.25, -0.2) is 4.79 Å². The molecule has 12 amide bonds. The van der Waals surface area contributed by atoms with Crippen molar-refractivity contribution in [2.24, 2.45) is 58.3 Å². The van der Waals surface area contributed by atoms with Gasteiger partial charge in [0.1, 0.15) is 78.3 Å². The molecule has 1 aromatic carbocycles. The van der Waals surface area contributed by atoms with Crippen molar-refractivity contribution in [3.8, 4) is 5.75 Å². The monoisotopic (exact) mass is 1490 g/mol. The topological polar surface area (TPSA) is 548 Å². The minimum atomic E-state index is -1.74. The second kappa shape index (κ2) is 48.2. The molecule has 2 rings (SSSR count). The molecule has 1 heterocycles. The van der Waals surface area contributed by atoms with Gasteiger partial charge in [-0.05, 0) is 184 Å². The highest BCUT2D eigenvalue weighted by molar-refractivity contribution is 6.00. The maximum absolute atomic E-state index is 14.5. The average molecular weight is 1490 g/mol. The normalized spacial score (nSPS) is 16.7. The maximum atomic E-state index is 14.5. The summed E-state index contributed by atoms with van der Waals surface area (Å²) in [6, 6.07) is -10.9. The number of aromatic hydroxyl groups is 1. The third kappa shape index (κ3) is 33.1. The molecule has 105 heavy (non-hydrogen) atoms. The summed E-state index contributed by atoms with van der Waals surface area (Å²) in [4.78, 5) is 183. The van der Waals surface area contributed by atoms with Gasteiger partial charge in [0.15, 0.2) is 0 Å². The Bertz CT molecular complexity index is 2960. The van der Waals surface area contributed by atoms with Crippen molar-refractivity contribution in [1.82, 2.24) is 63.4 Å². The second-order valence-corrected chi connectivity index (χ2v) is 29.4. The van der Waals surface area contributed by atoms with Crippen molar-refractivity contribution < 1.29 is 77.6 Å². The Kier molecular flexibility index (Phi) is 42.6. The van der Waals surface area contributed by atoms with E-state index in [4.69, 9.17) is 28.7 Å². The first-order chi connectivity index (χ1) is 49.4. The Morgan fingerprint density at radius 2 is 0.781 bits per heavy atom. The standard InChI is InChI=1S/C72H127N17O16/c1-39(2)36-52(82-63(95)51(25-16-20-34-76)81-62(94)50(24-15-19-33-75)80-61(93)49(23-14-18-32-74)79-60(92)48(77)22-13-17-31-73)64(96)85-56(41(5)6)68(100)78-44(11)71(103)89-35-21-26-55(89)67(99)88-59(45(12)90)70(102)84-54(38-46-27-29-47(91)30-28-46)66(98)86-57(42(7)8)69(101)83-53(37-40(3)4)65(97)87-58(43(9)10)72(104)105/h27-30,39-45,48-59,90-91H,13-26,31-38,73-77H2,1-12H3,(H,78,100)(H,79,92)(H,80,93)(H,81,94)(H,82,95)(H,83,101)(H,84,102)(H,85,96)(H,86,98)(H,87,97)(H,88,99)(H,104,105)/t44-,45+,48-,49-,50-,51-,52-,53-,54-,55-,56-,57-,58-,59-/m0/s1. The van der Waals surface area contributed by atoms with Gasteiger partial charge in [-0.1, -0.05) is 87.8 Å². The summed E-state index contributed by atoms with van der Waals surface area (Å²) in [5, 5.41) is 60.3. The molecule has 24 N–H and O–H groups in total. The van der Waals surface area contributed by atoms with Crippen molar-refractivity contribution in [3.05, 3.63) is 29.8 Å². The first-order valence-corrected chi connectivity index (χ1v) is 37.3. The number of rotatable bonds is 50. The SMILES string of the molecule is CC(C)C[C@H](NC(=O)[C@H](CCCCN)NC(=O)[C@H](CCCCN)NC(=O)[C@H](CCCCN)NC(=O)[C@@H](N)CCCCN)C(=O)N[C@H](C(=O)N[C@@H](C)C(=O)N1CCC[C@H]1C(=O)N[C@H](C(=O)N[C@@H](Cc1ccc(O)cc1)C(=O)N[C@H](C(=O)N[C@@H](CC(C)C)C(=O)N[C@H](C(=O)O)C(C)C)C(C)C)[C@@H](C)O)C(C)C. The quantitative estimate of drug-likeness (QED) is 0.0335. The number of carboxylic acid groups (broad SMARTS) is 1. The highest BCUT2D eigenvalue weighted by Gasteiger charge is 2.42. The van der Waals surface area contributed by atoms with Crippen LogP contribution in [0, 0.1) is 29.6 Å². The Hall–Kier alpha value is -8.11. The molecule has 1 aromatic rings. The van der Waals surface area contributed by atoms with E-state index in [1.54, 1.807) is 55.4 Å². The van der Waals surface area contributed by atoms with Gasteiger partial charge in [0.2, 0.25) is 70.9 Å². The molecule has 0 saturated carbocycles. The van der Waals surface area contributed by atoms with Crippen LogP contribution in [0.1, 0.15) is 191 Å². The van der Waals surface area contributed by atoms with E-state index in [0.717, 1.165) is 0 Å². The number of likely N-dealkylation sites (tertiary alicyclic amines) is 1. The van der Waals surface area contributed by atoms with Crippen molar-refractivity contribution in [2.45, 2.75) is 277 Å². The molecule has 0 bridgehead atoms. The zero-order valence-corrected chi connectivity index (χ0v) is 63.8. The molecule has 1 aliphatic rings. The molecule has 0 radical (unpaired) electrons. The van der Waals surface area contributed by atoms with Gasteiger partial charge in [0.25, 0.3) is 0 Å². The first kappa shape index (κ1) is 93.0. The lowest BCUT2D eigenvalue weighted by Gasteiger charge is -2.31. The van der Waals surface area contributed by atoms with Crippen molar-refractivity contribution >= 4 is 76.9 Å². The lowest BCUT2D eigenvalue weighted by molar-refractivity contribution is -0.143. The molecule has 0 aliphatic carbocycles. The van der Waals surface area contributed by atoms with Crippen LogP contribution >= 0.6 is 0 Å². The van der Waals surface area contributed by atoms with Crippen LogP contribution in [-0.4, -0.2) is 214 Å². The number of unbranched alkanes of at least 4 members (excludes halogenated alkanes) is 4. The van der Waals surface area contributed by atoms with Crippen LogP contribution in [0.25, 0.3) is 0 Å². The number of carboxylic acids is 1. The number of benzene rings is 1. The number of aliphatic hydroxyl groups excluding tert-OH is 1. The van der Waals surface area contributed by atoms with E-state index in [2.05, 4.69) is 58.5 Å². The lowest BCUT2D eigenvalue weighted by Crippen LogP contribution is -2.62. The molecule has 0 spiro atoms. The summed E-state index contributed by atoms with van der Waals surface area (Å²) in [7, 11) is 0. The van der Waals surface area contributed by atoms with E-state index in [1.807, 2.05) is 13.8 Å². The lowest BCUT2D eigenvalue weighted by atomic mass is 9.98. The van der Waals surface area contributed by atoms with Crippen LogP contribution in [0.2, 0.25) is 0 Å². The summed E-state index contributed by atoms with van der Waals surface area (Å²) in [5.74, 6) is -12.7. The summed E-state index contributed by atoms with van der Waals surface area (Å²) >= 11 is 0. The minimum absolute atomic E-state index is 0.0336. The van der Waals surface area contributed by atoms with Gasteiger partial charge in [-0.2, -0.15) is 0 Å². The number of nitrogens with one attached hydrogen (secondary N) is 11. The predicted molar refractivity (Wildman–Crippen MR) is 396 cm³/mol. The number of aliphatic hydroxyl groups is 1. The Morgan fingerprint density at radius 3 is 1.18 bits per heavy atom. The maximum Gasteiger partial charge on any atom is 0.326 e. The number of hydrogen-bond acceptors (Lipinski definition) is 20. The van der Waals surface area contributed by atoms with Crippen molar-refractivity contribution in [2.75, 3.05) is 32.7 Å². The third-order valence-corrected chi connectivity index (χ3v) is 18.1. The van der Waals surface area contributed by atoms with Crippen LogP contribution in [0.15, 0.2) is 24.3 Å². The highest BCUT2D eigenvalue weighted by Crippen LogP contribution is 2.21. The van der Waals surface area contributed by atoms with Gasteiger partial charge < -0.3 is 107 Å². The number of carbonyl (C=O) groups is 13. The van der Waals surface area contributed by atoms with E-state index in [1.165, 1.54) is 43.0 Å².